The monoisotopic (exact) mass is 377 g/mol. The Bertz CT molecular complexity index is 1120. The maximum absolute atomic E-state index is 13.3. The van der Waals surface area contributed by atoms with E-state index in [2.05, 4.69) is 32.4 Å². The molecular weight excluding hydrogens is 357 g/mol. The Morgan fingerprint density at radius 3 is 2.79 bits per heavy atom. The van der Waals surface area contributed by atoms with Crippen molar-refractivity contribution in [3.63, 3.8) is 0 Å². The fourth-order valence-corrected chi connectivity index (χ4v) is 3.28. The Kier molecular flexibility index (Phi) is 4.99. The molecule has 2 aromatic heterocycles. The van der Waals surface area contributed by atoms with Crippen LogP contribution >= 0.6 is 0 Å². The largest absolute Gasteiger partial charge is 0.380 e. The minimum absolute atomic E-state index is 0.267. The van der Waals surface area contributed by atoms with E-state index in [0.29, 0.717) is 25.0 Å². The predicted octanol–water partition coefficient (Wildman–Crippen LogP) is 4.02. The first-order chi connectivity index (χ1) is 13.7. The number of fused-ring (bicyclic) bond motifs is 1. The third-order valence-electron chi connectivity index (χ3n) is 4.52. The molecule has 0 aliphatic heterocycles. The van der Waals surface area contributed by atoms with Crippen LogP contribution in [0.3, 0.4) is 0 Å². The smallest absolute Gasteiger partial charge is 0.239 e. The average Bonchev–Trinajstić information content (AvgIpc) is 3.04. The van der Waals surface area contributed by atoms with Crippen molar-refractivity contribution in [1.29, 1.82) is 0 Å². The number of nitrogens with one attached hydrogen (secondary N) is 1. The minimum Gasteiger partial charge on any atom is -0.380 e. The fourth-order valence-electron chi connectivity index (χ4n) is 3.28. The molecule has 0 aliphatic rings. The first-order valence-corrected chi connectivity index (χ1v) is 8.92. The van der Waals surface area contributed by atoms with Gasteiger partial charge in [-0.1, -0.05) is 24.3 Å². The van der Waals surface area contributed by atoms with Gasteiger partial charge in [0.15, 0.2) is 0 Å². The summed E-state index contributed by atoms with van der Waals surface area (Å²) in [5, 5.41) is 4.24. The molecule has 7 heteroatoms. The second-order valence-corrected chi connectivity index (χ2v) is 6.50. The Morgan fingerprint density at radius 2 is 1.96 bits per heavy atom. The molecule has 28 heavy (non-hydrogen) atoms. The molecule has 142 valence electrons. The zero-order chi connectivity index (χ0) is 19.5. The van der Waals surface area contributed by atoms with Crippen LogP contribution in [0.25, 0.3) is 16.9 Å². The number of benzene rings is 2. The van der Waals surface area contributed by atoms with Gasteiger partial charge < -0.3 is 10.1 Å². The van der Waals surface area contributed by atoms with Gasteiger partial charge in [-0.2, -0.15) is 4.98 Å². The number of methoxy groups -OCH3 is 1. The maximum Gasteiger partial charge on any atom is 0.239 e. The summed E-state index contributed by atoms with van der Waals surface area (Å²) in [7, 11) is 1.69. The molecule has 0 unspecified atom stereocenters. The summed E-state index contributed by atoms with van der Waals surface area (Å²) in [4.78, 5) is 13.1. The van der Waals surface area contributed by atoms with Gasteiger partial charge in [-0.25, -0.2) is 14.4 Å². The lowest BCUT2D eigenvalue weighted by atomic mass is 10.1. The van der Waals surface area contributed by atoms with E-state index in [1.165, 1.54) is 18.5 Å². The molecule has 1 N–H and O–H groups in total. The molecule has 6 nitrogen and oxygen atoms in total. The van der Waals surface area contributed by atoms with Gasteiger partial charge in [0.25, 0.3) is 0 Å². The lowest BCUT2D eigenvalue weighted by Gasteiger charge is -2.09. The van der Waals surface area contributed by atoms with Crippen LogP contribution in [0, 0.1) is 12.7 Å². The first-order valence-electron chi connectivity index (χ1n) is 8.92. The third kappa shape index (κ3) is 3.57. The number of aryl methyl sites for hydroxylation is 1. The summed E-state index contributed by atoms with van der Waals surface area (Å²) >= 11 is 0. The van der Waals surface area contributed by atoms with Gasteiger partial charge in [-0.3, -0.25) is 4.57 Å². The van der Waals surface area contributed by atoms with Crippen LogP contribution in [0.4, 0.5) is 10.3 Å². The molecule has 0 fully saturated rings. The molecular formula is C21H20FN5O. The number of hydrogen-bond acceptors (Lipinski definition) is 5. The van der Waals surface area contributed by atoms with Crippen LogP contribution in [0.15, 0.2) is 54.9 Å². The molecule has 4 rings (SSSR count). The maximum atomic E-state index is 13.3. The zero-order valence-electron chi connectivity index (χ0n) is 15.7. The number of nitrogens with zero attached hydrogens (tertiary/aromatic N) is 4. The minimum atomic E-state index is -0.267. The van der Waals surface area contributed by atoms with E-state index < -0.39 is 0 Å². The highest BCUT2D eigenvalue weighted by molar-refractivity contribution is 5.86. The predicted molar refractivity (Wildman–Crippen MR) is 106 cm³/mol. The van der Waals surface area contributed by atoms with E-state index in [-0.39, 0.29) is 5.82 Å². The molecule has 0 atom stereocenters. The molecule has 0 amide bonds. The van der Waals surface area contributed by atoms with Crippen LogP contribution in [-0.4, -0.2) is 26.6 Å². The normalized spacial score (nSPS) is 11.1. The summed E-state index contributed by atoms with van der Waals surface area (Å²) in [6.07, 6.45) is 1.47. The van der Waals surface area contributed by atoms with Crippen LogP contribution in [-0.2, 0) is 17.9 Å². The summed E-state index contributed by atoms with van der Waals surface area (Å²) in [6, 6.07) is 14.6. The molecule has 4 aromatic rings. The Balaban J connectivity index is 1.66. The van der Waals surface area contributed by atoms with Crippen molar-refractivity contribution < 1.29 is 9.13 Å². The van der Waals surface area contributed by atoms with Gasteiger partial charge in [0.1, 0.15) is 12.1 Å². The number of rotatable bonds is 6. The van der Waals surface area contributed by atoms with E-state index in [0.717, 1.165) is 27.7 Å². The van der Waals surface area contributed by atoms with E-state index in [4.69, 9.17) is 4.74 Å². The molecule has 0 aliphatic carbocycles. The van der Waals surface area contributed by atoms with Crippen molar-refractivity contribution >= 4 is 16.9 Å². The molecule has 0 bridgehead atoms. The van der Waals surface area contributed by atoms with Crippen LogP contribution in [0.5, 0.6) is 0 Å². The number of hydrogen-bond donors (Lipinski definition) is 1. The van der Waals surface area contributed by atoms with Crippen molar-refractivity contribution in [3.05, 3.63) is 77.5 Å². The lowest BCUT2D eigenvalue weighted by Crippen LogP contribution is -2.09. The molecule has 2 aromatic carbocycles. The standard InChI is InChI=1S/C21H20FN5O/c1-14-9-18-16(12-28-2)6-4-8-19(18)27(14)21-25-13-24-20(26-21)23-11-15-5-3-7-17(22)10-15/h3-10,13H,11-12H2,1-2H3,(H,23,24,25,26). The lowest BCUT2D eigenvalue weighted by molar-refractivity contribution is 0.186. The second-order valence-electron chi connectivity index (χ2n) is 6.50. The van der Waals surface area contributed by atoms with E-state index in [1.807, 2.05) is 29.7 Å². The fraction of sp³-hybridized carbons (Fsp3) is 0.190. The second kappa shape index (κ2) is 7.74. The number of aromatic nitrogens is 4. The van der Waals surface area contributed by atoms with Crippen molar-refractivity contribution in [2.75, 3.05) is 12.4 Å². The van der Waals surface area contributed by atoms with Gasteiger partial charge in [0.2, 0.25) is 11.9 Å². The third-order valence-corrected chi connectivity index (χ3v) is 4.52. The van der Waals surface area contributed by atoms with Gasteiger partial charge >= 0.3 is 0 Å². The van der Waals surface area contributed by atoms with Gasteiger partial charge in [0, 0.05) is 24.7 Å². The SMILES string of the molecule is COCc1cccc2c1cc(C)n2-c1ncnc(NCc2cccc(F)c2)n1. The van der Waals surface area contributed by atoms with Crippen LogP contribution in [0.1, 0.15) is 16.8 Å². The number of ether oxygens (including phenoxy) is 1. The van der Waals surface area contributed by atoms with Crippen molar-refractivity contribution in [3.8, 4) is 5.95 Å². The summed E-state index contributed by atoms with van der Waals surface area (Å²) in [6.45, 7) is 2.98. The van der Waals surface area contributed by atoms with E-state index in [9.17, 15) is 4.39 Å². The highest BCUT2D eigenvalue weighted by atomic mass is 19.1. The Labute approximate surface area is 162 Å². The summed E-state index contributed by atoms with van der Waals surface area (Å²) < 4.78 is 20.6. The van der Waals surface area contributed by atoms with Crippen LogP contribution in [0.2, 0.25) is 0 Å². The van der Waals surface area contributed by atoms with Crippen LogP contribution < -0.4 is 5.32 Å². The summed E-state index contributed by atoms with van der Waals surface area (Å²) in [5.74, 6) is 0.694. The van der Waals surface area contributed by atoms with Gasteiger partial charge in [0.05, 0.1) is 12.1 Å². The van der Waals surface area contributed by atoms with Gasteiger partial charge in [-0.15, -0.1) is 0 Å². The molecule has 2 heterocycles. The number of halogens is 1. The Hall–Kier alpha value is -3.32. The highest BCUT2D eigenvalue weighted by Gasteiger charge is 2.13. The molecule has 0 saturated heterocycles. The number of anilines is 1. The van der Waals surface area contributed by atoms with Crippen molar-refractivity contribution in [1.82, 2.24) is 19.5 Å². The zero-order valence-corrected chi connectivity index (χ0v) is 15.7. The first kappa shape index (κ1) is 18.1. The topological polar surface area (TPSA) is 64.9 Å². The Morgan fingerprint density at radius 1 is 1.11 bits per heavy atom. The highest BCUT2D eigenvalue weighted by Crippen LogP contribution is 2.26. The van der Waals surface area contributed by atoms with Crippen molar-refractivity contribution in [2.24, 2.45) is 0 Å². The van der Waals surface area contributed by atoms with E-state index in [1.54, 1.807) is 13.2 Å². The molecule has 0 radical (unpaired) electrons. The van der Waals surface area contributed by atoms with E-state index >= 15 is 0 Å². The van der Waals surface area contributed by atoms with Gasteiger partial charge in [-0.05, 0) is 42.3 Å². The van der Waals surface area contributed by atoms with Crippen molar-refractivity contribution in [2.45, 2.75) is 20.1 Å². The molecule has 0 saturated carbocycles. The molecule has 0 spiro atoms. The quantitative estimate of drug-likeness (QED) is 0.550. The summed E-state index contributed by atoms with van der Waals surface area (Å²) in [5.41, 5.74) is 3.95. The average molecular weight is 377 g/mol.